The summed E-state index contributed by atoms with van der Waals surface area (Å²) in [5.74, 6) is 0.171. The Morgan fingerprint density at radius 3 is 2.63 bits per heavy atom. The van der Waals surface area contributed by atoms with Gasteiger partial charge in [0.05, 0.1) is 6.10 Å². The first kappa shape index (κ1) is 20.8. The third kappa shape index (κ3) is 3.69. The van der Waals surface area contributed by atoms with Gasteiger partial charge in [-0.1, -0.05) is 19.9 Å². The summed E-state index contributed by atoms with van der Waals surface area (Å²) < 4.78 is 33.8. The molecular formula is C20H28F2IN3O. The highest BCUT2D eigenvalue weighted by molar-refractivity contribution is 14.0. The Balaban J connectivity index is 0.00000210. The second-order valence-electron chi connectivity index (χ2n) is 8.24. The Morgan fingerprint density at radius 1 is 1.26 bits per heavy atom. The molecule has 3 fully saturated rings. The van der Waals surface area contributed by atoms with Crippen LogP contribution in [0.25, 0.3) is 0 Å². The monoisotopic (exact) mass is 491 g/mol. The minimum atomic E-state index is -0.465. The third-order valence-electron chi connectivity index (χ3n) is 6.19. The first-order valence-electron chi connectivity index (χ1n) is 9.56. The lowest BCUT2D eigenvalue weighted by Crippen LogP contribution is -2.68. The first-order chi connectivity index (χ1) is 12.4. The Morgan fingerprint density at radius 2 is 1.96 bits per heavy atom. The molecule has 3 aliphatic rings. The Bertz CT molecular complexity index is 707. The predicted octanol–water partition coefficient (Wildman–Crippen LogP) is 3.81. The number of hydrogen-bond donors (Lipinski definition) is 2. The zero-order valence-electron chi connectivity index (χ0n) is 16.0. The summed E-state index contributed by atoms with van der Waals surface area (Å²) in [5.41, 5.74) is 0.242. The average Bonchev–Trinajstić information content (AvgIpc) is 3.17. The molecule has 2 aliphatic carbocycles. The lowest BCUT2D eigenvalue weighted by molar-refractivity contribution is -0.106. The second kappa shape index (κ2) is 7.81. The van der Waals surface area contributed by atoms with E-state index in [1.807, 2.05) is 6.92 Å². The molecular weight excluding hydrogens is 463 g/mol. The lowest BCUT2D eigenvalue weighted by Gasteiger charge is -2.55. The van der Waals surface area contributed by atoms with Crippen LogP contribution in [-0.4, -0.2) is 37.3 Å². The van der Waals surface area contributed by atoms with Gasteiger partial charge in [-0.15, -0.1) is 24.0 Å². The van der Waals surface area contributed by atoms with E-state index in [-0.39, 0.29) is 46.9 Å². The molecule has 5 unspecified atom stereocenters. The SMILES string of the molecule is CCN=C(NC1CC1c1c(F)cccc1F)NC1C2CCOC2C1(C)C.I. The van der Waals surface area contributed by atoms with Crippen molar-refractivity contribution in [3.63, 3.8) is 0 Å². The Labute approximate surface area is 176 Å². The van der Waals surface area contributed by atoms with E-state index in [1.165, 1.54) is 18.2 Å². The average molecular weight is 491 g/mol. The molecule has 2 N–H and O–H groups in total. The number of benzene rings is 1. The molecule has 0 amide bonds. The number of ether oxygens (including phenoxy) is 1. The number of guanidine groups is 1. The van der Waals surface area contributed by atoms with Gasteiger partial charge >= 0.3 is 0 Å². The maximum Gasteiger partial charge on any atom is 0.191 e. The van der Waals surface area contributed by atoms with Crippen molar-refractivity contribution in [2.75, 3.05) is 13.2 Å². The molecule has 0 aromatic heterocycles. The normalized spacial score (nSPS) is 33.5. The lowest BCUT2D eigenvalue weighted by atomic mass is 9.57. The quantitative estimate of drug-likeness (QED) is 0.383. The molecule has 4 rings (SSSR count). The van der Waals surface area contributed by atoms with E-state index in [0.29, 0.717) is 31.0 Å². The first-order valence-corrected chi connectivity index (χ1v) is 9.56. The van der Waals surface area contributed by atoms with Crippen molar-refractivity contribution in [1.82, 2.24) is 10.6 Å². The van der Waals surface area contributed by atoms with Gasteiger partial charge in [0.15, 0.2) is 5.96 Å². The van der Waals surface area contributed by atoms with Crippen molar-refractivity contribution in [1.29, 1.82) is 0 Å². The second-order valence-corrected chi connectivity index (χ2v) is 8.24. The summed E-state index contributed by atoms with van der Waals surface area (Å²) in [7, 11) is 0. The van der Waals surface area contributed by atoms with Gasteiger partial charge < -0.3 is 15.4 Å². The van der Waals surface area contributed by atoms with Crippen LogP contribution in [0.2, 0.25) is 0 Å². The third-order valence-corrected chi connectivity index (χ3v) is 6.19. The molecule has 1 aliphatic heterocycles. The fourth-order valence-corrected chi connectivity index (χ4v) is 4.77. The van der Waals surface area contributed by atoms with Crippen LogP contribution in [0.15, 0.2) is 23.2 Å². The van der Waals surface area contributed by atoms with E-state index in [0.717, 1.165) is 19.0 Å². The maximum absolute atomic E-state index is 14.0. The largest absolute Gasteiger partial charge is 0.377 e. The van der Waals surface area contributed by atoms with Gasteiger partial charge in [-0.3, -0.25) is 4.99 Å². The van der Waals surface area contributed by atoms with Crippen LogP contribution in [0, 0.1) is 23.0 Å². The van der Waals surface area contributed by atoms with Crippen molar-refractivity contribution >= 4 is 29.9 Å². The summed E-state index contributed by atoms with van der Waals surface area (Å²) >= 11 is 0. The summed E-state index contributed by atoms with van der Waals surface area (Å²) in [6, 6.07) is 4.37. The number of nitrogens with zero attached hydrogens (tertiary/aromatic N) is 1. The molecule has 0 spiro atoms. The minimum Gasteiger partial charge on any atom is -0.377 e. The molecule has 1 saturated heterocycles. The van der Waals surface area contributed by atoms with Gasteiger partial charge in [0.2, 0.25) is 0 Å². The zero-order chi connectivity index (χ0) is 18.5. The number of halogens is 3. The fourth-order valence-electron chi connectivity index (χ4n) is 4.77. The highest BCUT2D eigenvalue weighted by atomic mass is 127. The van der Waals surface area contributed by atoms with Gasteiger partial charge in [-0.05, 0) is 31.9 Å². The molecule has 1 aromatic rings. The highest BCUT2D eigenvalue weighted by Crippen LogP contribution is 2.52. The predicted molar refractivity (Wildman–Crippen MR) is 113 cm³/mol. The molecule has 2 saturated carbocycles. The van der Waals surface area contributed by atoms with Crippen LogP contribution in [0.1, 0.15) is 45.1 Å². The molecule has 0 bridgehead atoms. The number of nitrogens with one attached hydrogen (secondary N) is 2. The van der Waals surface area contributed by atoms with Crippen LogP contribution in [-0.2, 0) is 4.74 Å². The van der Waals surface area contributed by atoms with E-state index in [4.69, 9.17) is 4.74 Å². The van der Waals surface area contributed by atoms with Crippen molar-refractivity contribution in [2.45, 2.75) is 57.7 Å². The van der Waals surface area contributed by atoms with Gasteiger partial charge in [-0.2, -0.15) is 0 Å². The summed E-state index contributed by atoms with van der Waals surface area (Å²) in [4.78, 5) is 4.54. The van der Waals surface area contributed by atoms with Crippen molar-refractivity contribution in [3.05, 3.63) is 35.4 Å². The number of aliphatic imine (C=N–C) groups is 1. The van der Waals surface area contributed by atoms with E-state index in [1.54, 1.807) is 0 Å². The summed E-state index contributed by atoms with van der Waals surface area (Å²) in [6.45, 7) is 7.89. The maximum atomic E-state index is 14.0. The van der Waals surface area contributed by atoms with Gasteiger partial charge in [0.25, 0.3) is 0 Å². The van der Waals surface area contributed by atoms with Crippen molar-refractivity contribution in [2.24, 2.45) is 16.3 Å². The van der Waals surface area contributed by atoms with Crippen molar-refractivity contribution in [3.8, 4) is 0 Å². The van der Waals surface area contributed by atoms with Crippen LogP contribution in [0.4, 0.5) is 8.78 Å². The molecule has 27 heavy (non-hydrogen) atoms. The smallest absolute Gasteiger partial charge is 0.191 e. The number of hydrogen-bond acceptors (Lipinski definition) is 2. The fraction of sp³-hybridized carbons (Fsp3) is 0.650. The molecule has 7 heteroatoms. The Kier molecular flexibility index (Phi) is 6.01. The molecule has 1 heterocycles. The van der Waals surface area contributed by atoms with Crippen LogP contribution in [0.5, 0.6) is 0 Å². The molecule has 5 atom stereocenters. The van der Waals surface area contributed by atoms with E-state index in [9.17, 15) is 8.78 Å². The highest BCUT2D eigenvalue weighted by Gasteiger charge is 2.59. The zero-order valence-corrected chi connectivity index (χ0v) is 18.3. The number of rotatable bonds is 4. The molecule has 150 valence electrons. The molecule has 4 nitrogen and oxygen atoms in total. The van der Waals surface area contributed by atoms with E-state index in [2.05, 4.69) is 29.5 Å². The molecule has 0 radical (unpaired) electrons. The van der Waals surface area contributed by atoms with Crippen LogP contribution in [0.3, 0.4) is 0 Å². The summed E-state index contributed by atoms with van der Waals surface area (Å²) in [6.07, 6.45) is 2.09. The summed E-state index contributed by atoms with van der Waals surface area (Å²) in [5, 5.41) is 6.94. The standard InChI is InChI=1S/C20H27F2N3O.HI/c1-4-23-19(25-17-11-8-9-26-18(11)20(17,2)3)24-15-10-12(15)16-13(21)6-5-7-14(16)22;/h5-7,11-12,15,17-18H,4,8-10H2,1-3H3,(H2,23,24,25);1H. The van der Waals surface area contributed by atoms with Crippen molar-refractivity contribution < 1.29 is 13.5 Å². The Hall–Kier alpha value is -0.960. The van der Waals surface area contributed by atoms with E-state index < -0.39 is 11.6 Å². The minimum absolute atomic E-state index is 0. The number of fused-ring (bicyclic) bond motifs is 1. The van der Waals surface area contributed by atoms with Gasteiger partial charge in [0.1, 0.15) is 11.6 Å². The van der Waals surface area contributed by atoms with Gasteiger partial charge in [0, 0.05) is 48.0 Å². The van der Waals surface area contributed by atoms with Gasteiger partial charge in [-0.25, -0.2) is 8.78 Å². The molecule has 1 aromatic carbocycles. The topological polar surface area (TPSA) is 45.7 Å². The van der Waals surface area contributed by atoms with Crippen LogP contribution >= 0.6 is 24.0 Å². The van der Waals surface area contributed by atoms with Crippen LogP contribution < -0.4 is 10.6 Å². The van der Waals surface area contributed by atoms with E-state index >= 15 is 0 Å².